The molecule has 0 saturated carbocycles. The van der Waals surface area contributed by atoms with Gasteiger partial charge >= 0.3 is 0 Å². The molecule has 7 heteroatoms. The average molecular weight is 353 g/mol. The summed E-state index contributed by atoms with van der Waals surface area (Å²) in [6.45, 7) is 5.47. The maximum absolute atomic E-state index is 12.1. The predicted octanol–water partition coefficient (Wildman–Crippen LogP) is 2.29. The molecule has 1 N–H and O–H groups in total. The molecule has 0 aliphatic carbocycles. The molecule has 6 nitrogen and oxygen atoms in total. The van der Waals surface area contributed by atoms with Gasteiger partial charge < -0.3 is 10.2 Å². The van der Waals surface area contributed by atoms with Crippen LogP contribution in [0.1, 0.15) is 33.1 Å². The van der Waals surface area contributed by atoms with Crippen LogP contribution in [0.3, 0.4) is 0 Å². The number of hydrogen-bond donors (Lipinski definition) is 1. The van der Waals surface area contributed by atoms with E-state index in [-0.39, 0.29) is 18.5 Å². The monoisotopic (exact) mass is 353 g/mol. The van der Waals surface area contributed by atoms with Crippen LogP contribution in [-0.4, -0.2) is 50.6 Å². The molecule has 2 rings (SSSR count). The molecular formula is C17H27N3O3S. The van der Waals surface area contributed by atoms with Crippen LogP contribution in [0.25, 0.3) is 0 Å². The van der Waals surface area contributed by atoms with Gasteiger partial charge in [-0.05, 0) is 57.4 Å². The summed E-state index contributed by atoms with van der Waals surface area (Å²) in [5, 5.41) is 2.77. The number of nitrogens with one attached hydrogen (secondary N) is 1. The first-order valence-electron chi connectivity index (χ1n) is 8.39. The summed E-state index contributed by atoms with van der Waals surface area (Å²) in [5.41, 5.74) is 1.84. The number of hydrogen-bond acceptors (Lipinski definition) is 4. The Morgan fingerprint density at radius 3 is 2.25 bits per heavy atom. The van der Waals surface area contributed by atoms with E-state index in [0.717, 1.165) is 25.0 Å². The van der Waals surface area contributed by atoms with Crippen molar-refractivity contribution >= 4 is 27.3 Å². The van der Waals surface area contributed by atoms with Gasteiger partial charge in [0.25, 0.3) is 0 Å². The SMILES string of the molecule is CC(C)N(CC(=O)Nc1ccc(N2CCCCC2)cc1)S(C)(=O)=O. The van der Waals surface area contributed by atoms with Gasteiger partial charge in [-0.2, -0.15) is 4.31 Å². The van der Waals surface area contributed by atoms with E-state index < -0.39 is 10.0 Å². The van der Waals surface area contributed by atoms with E-state index >= 15 is 0 Å². The summed E-state index contributed by atoms with van der Waals surface area (Å²) in [5.74, 6) is -0.333. The first kappa shape index (κ1) is 18.7. The van der Waals surface area contributed by atoms with Gasteiger partial charge in [0.2, 0.25) is 15.9 Å². The lowest BCUT2D eigenvalue weighted by Crippen LogP contribution is -2.41. The Balaban J connectivity index is 1.96. The van der Waals surface area contributed by atoms with Gasteiger partial charge in [-0.1, -0.05) is 0 Å². The molecule has 1 aromatic rings. The van der Waals surface area contributed by atoms with Crippen LogP contribution in [0, 0.1) is 0 Å². The number of piperidine rings is 1. The highest BCUT2D eigenvalue weighted by Crippen LogP contribution is 2.21. The molecule has 1 saturated heterocycles. The third kappa shape index (κ3) is 5.21. The lowest BCUT2D eigenvalue weighted by atomic mass is 10.1. The van der Waals surface area contributed by atoms with E-state index in [1.807, 2.05) is 24.3 Å². The molecule has 1 aliphatic heterocycles. The van der Waals surface area contributed by atoms with Crippen molar-refractivity contribution in [2.75, 3.05) is 36.1 Å². The third-order valence-corrected chi connectivity index (χ3v) is 5.58. The molecule has 1 amide bonds. The van der Waals surface area contributed by atoms with Crippen molar-refractivity contribution in [3.63, 3.8) is 0 Å². The number of anilines is 2. The fourth-order valence-electron chi connectivity index (χ4n) is 2.93. The van der Waals surface area contributed by atoms with Gasteiger partial charge in [-0.15, -0.1) is 0 Å². The van der Waals surface area contributed by atoms with Gasteiger partial charge in [0.1, 0.15) is 0 Å². The van der Waals surface area contributed by atoms with Gasteiger partial charge in [-0.25, -0.2) is 8.42 Å². The number of carbonyl (C=O) groups is 1. The second-order valence-corrected chi connectivity index (χ2v) is 8.48. The Kier molecular flexibility index (Phi) is 6.23. The van der Waals surface area contributed by atoms with Crippen LogP contribution in [0.15, 0.2) is 24.3 Å². The summed E-state index contributed by atoms with van der Waals surface area (Å²) in [6.07, 6.45) is 4.84. The highest BCUT2D eigenvalue weighted by atomic mass is 32.2. The second kappa shape index (κ2) is 7.98. The molecule has 0 radical (unpaired) electrons. The van der Waals surface area contributed by atoms with Crippen molar-refractivity contribution in [1.82, 2.24) is 4.31 Å². The van der Waals surface area contributed by atoms with Crippen molar-refractivity contribution in [2.45, 2.75) is 39.2 Å². The zero-order chi connectivity index (χ0) is 17.7. The van der Waals surface area contributed by atoms with Gasteiger partial charge in [0, 0.05) is 30.5 Å². The maximum atomic E-state index is 12.1. The first-order valence-corrected chi connectivity index (χ1v) is 10.2. The van der Waals surface area contributed by atoms with E-state index in [2.05, 4.69) is 10.2 Å². The minimum atomic E-state index is -3.41. The number of benzene rings is 1. The summed E-state index contributed by atoms with van der Waals surface area (Å²) in [6, 6.07) is 7.46. The maximum Gasteiger partial charge on any atom is 0.239 e. The molecule has 0 bridgehead atoms. The normalized spacial score (nSPS) is 15.8. The molecule has 1 aliphatic rings. The Morgan fingerprint density at radius 1 is 1.17 bits per heavy atom. The van der Waals surface area contributed by atoms with Crippen LogP contribution in [-0.2, 0) is 14.8 Å². The highest BCUT2D eigenvalue weighted by molar-refractivity contribution is 7.88. The lowest BCUT2D eigenvalue weighted by molar-refractivity contribution is -0.116. The Labute approximate surface area is 144 Å². The predicted molar refractivity (Wildman–Crippen MR) is 97.8 cm³/mol. The Morgan fingerprint density at radius 2 is 1.75 bits per heavy atom. The van der Waals surface area contributed by atoms with E-state index in [1.165, 1.54) is 23.6 Å². The van der Waals surface area contributed by atoms with Crippen LogP contribution in [0.5, 0.6) is 0 Å². The minimum absolute atomic E-state index is 0.176. The molecule has 0 atom stereocenters. The van der Waals surface area contributed by atoms with Crippen molar-refractivity contribution in [3.05, 3.63) is 24.3 Å². The topological polar surface area (TPSA) is 69.7 Å². The number of rotatable bonds is 6. The van der Waals surface area contributed by atoms with E-state index in [1.54, 1.807) is 13.8 Å². The number of amides is 1. The van der Waals surface area contributed by atoms with E-state index in [0.29, 0.717) is 5.69 Å². The van der Waals surface area contributed by atoms with Crippen LogP contribution >= 0.6 is 0 Å². The molecule has 1 heterocycles. The zero-order valence-corrected chi connectivity index (χ0v) is 15.5. The van der Waals surface area contributed by atoms with Crippen molar-refractivity contribution in [2.24, 2.45) is 0 Å². The highest BCUT2D eigenvalue weighted by Gasteiger charge is 2.23. The molecular weight excluding hydrogens is 326 g/mol. The van der Waals surface area contributed by atoms with Crippen LogP contribution in [0.2, 0.25) is 0 Å². The summed E-state index contributed by atoms with van der Waals surface area (Å²) < 4.78 is 24.6. The molecule has 24 heavy (non-hydrogen) atoms. The van der Waals surface area contributed by atoms with Crippen molar-refractivity contribution < 1.29 is 13.2 Å². The zero-order valence-electron chi connectivity index (χ0n) is 14.7. The number of sulfonamides is 1. The molecule has 0 unspecified atom stereocenters. The Bertz CT molecular complexity index is 650. The molecule has 0 spiro atoms. The van der Waals surface area contributed by atoms with Crippen molar-refractivity contribution in [1.29, 1.82) is 0 Å². The fraction of sp³-hybridized carbons (Fsp3) is 0.588. The van der Waals surface area contributed by atoms with Crippen LogP contribution in [0.4, 0.5) is 11.4 Å². The summed E-state index contributed by atoms with van der Waals surface area (Å²) in [7, 11) is -3.41. The van der Waals surface area contributed by atoms with E-state index in [4.69, 9.17) is 0 Å². The molecule has 134 valence electrons. The van der Waals surface area contributed by atoms with Gasteiger partial charge in [0.05, 0.1) is 12.8 Å². The van der Waals surface area contributed by atoms with Gasteiger partial charge in [-0.3, -0.25) is 4.79 Å². The quantitative estimate of drug-likeness (QED) is 0.852. The van der Waals surface area contributed by atoms with Crippen molar-refractivity contribution in [3.8, 4) is 0 Å². The second-order valence-electron chi connectivity index (χ2n) is 6.54. The third-order valence-electron chi connectivity index (χ3n) is 4.17. The van der Waals surface area contributed by atoms with Crippen LogP contribution < -0.4 is 10.2 Å². The lowest BCUT2D eigenvalue weighted by Gasteiger charge is -2.29. The summed E-state index contributed by atoms with van der Waals surface area (Å²) >= 11 is 0. The Hall–Kier alpha value is -1.60. The minimum Gasteiger partial charge on any atom is -0.372 e. The smallest absolute Gasteiger partial charge is 0.239 e. The largest absolute Gasteiger partial charge is 0.372 e. The van der Waals surface area contributed by atoms with E-state index in [9.17, 15) is 13.2 Å². The number of nitrogens with zero attached hydrogens (tertiary/aromatic N) is 2. The van der Waals surface area contributed by atoms with Gasteiger partial charge in [0.15, 0.2) is 0 Å². The molecule has 0 aromatic heterocycles. The fourth-order valence-corrected chi connectivity index (χ4v) is 4.05. The first-order chi connectivity index (χ1) is 11.3. The molecule has 1 aromatic carbocycles. The average Bonchev–Trinajstić information content (AvgIpc) is 2.53. The number of carbonyl (C=O) groups excluding carboxylic acids is 1. The summed E-state index contributed by atoms with van der Waals surface area (Å²) in [4.78, 5) is 14.5. The molecule has 1 fully saturated rings. The standard InChI is InChI=1S/C17H27N3O3S/c1-14(2)20(24(3,22)23)13-17(21)18-15-7-9-16(10-8-15)19-11-5-4-6-12-19/h7-10,14H,4-6,11-13H2,1-3H3,(H,18,21).